The first-order valence-corrected chi connectivity index (χ1v) is 14.6. The molecule has 1 aliphatic carbocycles. The van der Waals surface area contributed by atoms with Crippen LogP contribution in [-0.4, -0.2) is 43.9 Å². The molecule has 1 N–H and O–H groups in total. The molecule has 4 aromatic rings. The Hall–Kier alpha value is -4.89. The summed E-state index contributed by atoms with van der Waals surface area (Å²) in [5.74, 6) is -1.30. The van der Waals surface area contributed by atoms with Crippen molar-refractivity contribution in [2.45, 2.75) is 51.4 Å². The Morgan fingerprint density at radius 2 is 1.72 bits per heavy atom. The normalized spacial score (nSPS) is 20.0. The summed E-state index contributed by atoms with van der Waals surface area (Å²) in [4.78, 5) is 58.0. The smallest absolute Gasteiger partial charge is 0.343 e. The number of aryl methyl sites for hydroxylation is 2. The van der Waals surface area contributed by atoms with Gasteiger partial charge >= 0.3 is 5.97 Å². The summed E-state index contributed by atoms with van der Waals surface area (Å²) >= 11 is 0. The maximum Gasteiger partial charge on any atom is 0.343 e. The highest BCUT2D eigenvalue weighted by Crippen LogP contribution is 2.43. The molecule has 43 heavy (non-hydrogen) atoms. The zero-order chi connectivity index (χ0) is 29.6. The van der Waals surface area contributed by atoms with Crippen LogP contribution in [0.25, 0.3) is 28.4 Å². The SMILES string of the molecule is CCC1(O)C(=O)OCc2c1cc1n(c2=O)Cc2c-1nc1ccc(C=CCN3C(=O)c4ccccc4C3=O)c3c1c2CCC3. The van der Waals surface area contributed by atoms with E-state index in [1.54, 1.807) is 41.8 Å². The van der Waals surface area contributed by atoms with Gasteiger partial charge in [-0.15, -0.1) is 0 Å². The number of nitrogens with zero attached hydrogens (tertiary/aromatic N) is 3. The molecule has 0 saturated carbocycles. The number of imide groups is 1. The van der Waals surface area contributed by atoms with Crippen LogP contribution in [0.1, 0.15) is 73.9 Å². The van der Waals surface area contributed by atoms with Gasteiger partial charge in [0.1, 0.15) is 6.61 Å². The highest BCUT2D eigenvalue weighted by atomic mass is 16.6. The third-order valence-electron chi connectivity index (χ3n) is 9.43. The number of pyridine rings is 2. The van der Waals surface area contributed by atoms with Gasteiger partial charge < -0.3 is 14.4 Å². The third kappa shape index (κ3) is 3.45. The average molecular weight is 574 g/mol. The number of esters is 1. The van der Waals surface area contributed by atoms with Crippen LogP contribution < -0.4 is 5.56 Å². The van der Waals surface area contributed by atoms with Crippen molar-refractivity contribution in [3.05, 3.63) is 103 Å². The monoisotopic (exact) mass is 573 g/mol. The maximum atomic E-state index is 13.6. The van der Waals surface area contributed by atoms with Crippen LogP contribution in [0.3, 0.4) is 0 Å². The molecule has 0 spiro atoms. The van der Waals surface area contributed by atoms with Crippen molar-refractivity contribution in [2.75, 3.05) is 6.54 Å². The zero-order valence-corrected chi connectivity index (χ0v) is 23.5. The molecule has 0 fully saturated rings. The van der Waals surface area contributed by atoms with Gasteiger partial charge in [-0.2, -0.15) is 0 Å². The summed E-state index contributed by atoms with van der Waals surface area (Å²) in [5.41, 5.74) is 5.83. The first-order valence-electron chi connectivity index (χ1n) is 14.6. The first-order chi connectivity index (χ1) is 20.8. The maximum absolute atomic E-state index is 13.6. The van der Waals surface area contributed by atoms with Gasteiger partial charge in [-0.05, 0) is 66.6 Å². The van der Waals surface area contributed by atoms with Crippen molar-refractivity contribution >= 4 is 34.8 Å². The van der Waals surface area contributed by atoms with Crippen molar-refractivity contribution < 1.29 is 24.2 Å². The largest absolute Gasteiger partial charge is 0.458 e. The van der Waals surface area contributed by atoms with Gasteiger partial charge in [-0.1, -0.05) is 37.3 Å². The summed E-state index contributed by atoms with van der Waals surface area (Å²) in [5, 5.41) is 12.3. The van der Waals surface area contributed by atoms with E-state index in [1.165, 1.54) is 4.90 Å². The summed E-state index contributed by atoms with van der Waals surface area (Å²) < 4.78 is 6.88. The van der Waals surface area contributed by atoms with E-state index in [0.29, 0.717) is 40.2 Å². The van der Waals surface area contributed by atoms with Crippen molar-refractivity contribution in [1.29, 1.82) is 0 Å². The van der Waals surface area contributed by atoms with E-state index in [2.05, 4.69) is 0 Å². The van der Waals surface area contributed by atoms with Crippen LogP contribution in [0, 0.1) is 0 Å². The topological polar surface area (TPSA) is 119 Å². The van der Waals surface area contributed by atoms with E-state index < -0.39 is 11.6 Å². The molecule has 0 bridgehead atoms. The molecule has 214 valence electrons. The predicted molar refractivity (Wildman–Crippen MR) is 157 cm³/mol. The Bertz CT molecular complexity index is 2020. The van der Waals surface area contributed by atoms with Gasteiger partial charge in [0.15, 0.2) is 5.60 Å². The summed E-state index contributed by atoms with van der Waals surface area (Å²) in [6, 6.07) is 12.6. The summed E-state index contributed by atoms with van der Waals surface area (Å²) in [6.07, 6.45) is 6.56. The van der Waals surface area contributed by atoms with Crippen LogP contribution in [0.4, 0.5) is 0 Å². The minimum Gasteiger partial charge on any atom is -0.458 e. The molecule has 4 aliphatic rings. The lowest BCUT2D eigenvalue weighted by atomic mass is 9.84. The van der Waals surface area contributed by atoms with E-state index in [0.717, 1.165) is 52.4 Å². The van der Waals surface area contributed by atoms with E-state index >= 15 is 0 Å². The zero-order valence-electron chi connectivity index (χ0n) is 23.5. The van der Waals surface area contributed by atoms with Gasteiger partial charge in [-0.3, -0.25) is 19.3 Å². The van der Waals surface area contributed by atoms with E-state index in [1.807, 2.05) is 24.3 Å². The van der Waals surface area contributed by atoms with Gasteiger partial charge in [0.25, 0.3) is 17.4 Å². The molecule has 5 heterocycles. The molecule has 3 aliphatic heterocycles. The second-order valence-electron chi connectivity index (χ2n) is 11.6. The van der Waals surface area contributed by atoms with Crippen LogP contribution in [0.2, 0.25) is 0 Å². The number of rotatable bonds is 4. The van der Waals surface area contributed by atoms with Gasteiger partial charge in [0, 0.05) is 23.1 Å². The van der Waals surface area contributed by atoms with Crippen LogP contribution in [-0.2, 0) is 41.1 Å². The number of hydrogen-bond donors (Lipinski definition) is 1. The second kappa shape index (κ2) is 9.05. The number of amides is 2. The van der Waals surface area contributed by atoms with Crippen molar-refractivity contribution in [3.8, 4) is 11.4 Å². The van der Waals surface area contributed by atoms with Crippen molar-refractivity contribution in [3.63, 3.8) is 0 Å². The molecule has 1 atom stereocenters. The lowest BCUT2D eigenvalue weighted by Gasteiger charge is -2.31. The number of carbonyl (C=O) groups excluding carboxylic acids is 3. The Kier molecular flexibility index (Phi) is 5.43. The van der Waals surface area contributed by atoms with Crippen LogP contribution in [0.15, 0.2) is 53.3 Å². The molecule has 2 aromatic heterocycles. The lowest BCUT2D eigenvalue weighted by molar-refractivity contribution is -0.172. The van der Waals surface area contributed by atoms with Gasteiger partial charge in [0.2, 0.25) is 0 Å². The fraction of sp³-hybridized carbons (Fsp3) is 0.265. The number of cyclic esters (lactones) is 1. The number of aliphatic hydroxyl groups is 1. The van der Waals surface area contributed by atoms with Gasteiger partial charge in [-0.25, -0.2) is 9.78 Å². The minimum atomic E-state index is -1.86. The molecule has 2 aromatic carbocycles. The minimum absolute atomic E-state index is 0.0949. The summed E-state index contributed by atoms with van der Waals surface area (Å²) in [7, 11) is 0. The Labute approximate surface area is 246 Å². The quantitative estimate of drug-likeness (QED) is 0.256. The molecular weight excluding hydrogens is 546 g/mol. The fourth-order valence-corrected chi connectivity index (χ4v) is 7.19. The van der Waals surface area contributed by atoms with E-state index in [9.17, 15) is 24.3 Å². The highest BCUT2D eigenvalue weighted by Gasteiger charge is 2.45. The molecule has 9 nitrogen and oxygen atoms in total. The van der Waals surface area contributed by atoms with E-state index in [4.69, 9.17) is 9.72 Å². The van der Waals surface area contributed by atoms with E-state index in [-0.39, 0.29) is 36.9 Å². The molecule has 9 heteroatoms. The number of aromatic nitrogens is 2. The molecule has 0 radical (unpaired) electrons. The van der Waals surface area contributed by atoms with Crippen molar-refractivity contribution in [1.82, 2.24) is 14.5 Å². The average Bonchev–Trinajstić information content (AvgIpc) is 3.51. The second-order valence-corrected chi connectivity index (χ2v) is 11.6. The lowest BCUT2D eigenvalue weighted by Crippen LogP contribution is -2.44. The van der Waals surface area contributed by atoms with Crippen LogP contribution >= 0.6 is 0 Å². The Morgan fingerprint density at radius 3 is 2.47 bits per heavy atom. The van der Waals surface area contributed by atoms with Crippen LogP contribution in [0.5, 0.6) is 0 Å². The third-order valence-corrected chi connectivity index (χ3v) is 9.43. The number of ether oxygens (including phenoxy) is 1. The predicted octanol–water partition coefficient (Wildman–Crippen LogP) is 3.88. The standard InChI is InChI=1S/C34H27N3O6/c1-2-34(42)25-15-27-29-23(16-37(27)32(40)24(25)17-43-33(34)41)20-11-5-10-19-18(12-13-26(35-29)28(19)20)7-6-14-36-30(38)21-8-3-4-9-22(21)31(36)39/h3-4,6-9,12-13,15,42H,2,5,10-11,14,16-17H2,1H3. The number of fused-ring (bicyclic) bond motifs is 6. The molecule has 8 rings (SSSR count). The van der Waals surface area contributed by atoms with Gasteiger partial charge in [0.05, 0.1) is 40.1 Å². The molecule has 2 amide bonds. The number of carbonyl (C=O) groups is 3. The fourth-order valence-electron chi connectivity index (χ4n) is 7.19. The first kappa shape index (κ1) is 25.8. The summed E-state index contributed by atoms with van der Waals surface area (Å²) in [6.45, 7) is 2.08. The highest BCUT2D eigenvalue weighted by molar-refractivity contribution is 6.21. The molecule has 1 unspecified atom stereocenters. The number of benzene rings is 2. The Balaban J connectivity index is 1.19. The Morgan fingerprint density at radius 1 is 0.977 bits per heavy atom. The number of hydrogen-bond acceptors (Lipinski definition) is 7. The molecular formula is C34H27N3O6. The van der Waals surface area contributed by atoms with Crippen molar-refractivity contribution in [2.24, 2.45) is 0 Å². The molecule has 0 saturated heterocycles.